The van der Waals surface area contributed by atoms with Crippen molar-refractivity contribution in [3.63, 3.8) is 0 Å². The molecule has 0 saturated carbocycles. The summed E-state index contributed by atoms with van der Waals surface area (Å²) in [7, 11) is 2.02. The maximum Gasteiger partial charge on any atom is 0.108 e. The van der Waals surface area contributed by atoms with Crippen LogP contribution < -0.4 is 11.3 Å². The average Bonchev–Trinajstić information content (AvgIpc) is 2.82. The van der Waals surface area contributed by atoms with Crippen LogP contribution in [0, 0.1) is 6.92 Å². The third kappa shape index (κ3) is 3.91. The van der Waals surface area contributed by atoms with Gasteiger partial charge in [-0.3, -0.25) is 11.3 Å². The van der Waals surface area contributed by atoms with Crippen LogP contribution in [0.15, 0.2) is 36.7 Å². The lowest BCUT2D eigenvalue weighted by Crippen LogP contribution is -2.37. The SMILES string of the molecule is Cc1ccc(CC(CCc2nccn2C)NN)cc1. The molecule has 1 unspecified atom stereocenters. The van der Waals surface area contributed by atoms with Crippen LogP contribution in [0.1, 0.15) is 23.4 Å². The van der Waals surface area contributed by atoms with Gasteiger partial charge in [0, 0.05) is 31.9 Å². The summed E-state index contributed by atoms with van der Waals surface area (Å²) in [6.07, 6.45) is 6.67. The Bertz CT molecular complexity index is 501. The van der Waals surface area contributed by atoms with Gasteiger partial charge in [0.1, 0.15) is 5.82 Å². The van der Waals surface area contributed by atoms with Crippen LogP contribution in [0.2, 0.25) is 0 Å². The molecule has 0 aliphatic carbocycles. The van der Waals surface area contributed by atoms with Crippen molar-refractivity contribution in [1.29, 1.82) is 0 Å². The Morgan fingerprint density at radius 3 is 2.63 bits per heavy atom. The highest BCUT2D eigenvalue weighted by atomic mass is 15.2. The summed E-state index contributed by atoms with van der Waals surface area (Å²) in [4.78, 5) is 4.34. The van der Waals surface area contributed by atoms with Crippen LogP contribution in [0.5, 0.6) is 0 Å². The number of aromatic nitrogens is 2. The van der Waals surface area contributed by atoms with E-state index < -0.39 is 0 Å². The number of nitrogens with two attached hydrogens (primary N) is 1. The first kappa shape index (κ1) is 13.8. The summed E-state index contributed by atoms with van der Waals surface area (Å²) in [5.74, 6) is 6.75. The summed E-state index contributed by atoms with van der Waals surface area (Å²) in [6.45, 7) is 2.10. The Kier molecular flexibility index (Phi) is 4.71. The van der Waals surface area contributed by atoms with Crippen molar-refractivity contribution in [3.05, 3.63) is 53.6 Å². The number of rotatable bonds is 6. The summed E-state index contributed by atoms with van der Waals surface area (Å²) in [6, 6.07) is 8.89. The lowest BCUT2D eigenvalue weighted by atomic mass is 10.0. The number of nitrogens with one attached hydrogen (secondary N) is 1. The van der Waals surface area contributed by atoms with Crippen molar-refractivity contribution in [3.8, 4) is 0 Å². The Morgan fingerprint density at radius 1 is 1.32 bits per heavy atom. The molecule has 0 spiro atoms. The fraction of sp³-hybridized carbons (Fsp3) is 0.400. The molecule has 1 aromatic carbocycles. The minimum Gasteiger partial charge on any atom is -0.338 e. The monoisotopic (exact) mass is 258 g/mol. The van der Waals surface area contributed by atoms with Gasteiger partial charge in [0.05, 0.1) is 0 Å². The molecule has 4 heteroatoms. The van der Waals surface area contributed by atoms with E-state index in [4.69, 9.17) is 5.84 Å². The molecule has 2 aromatic rings. The predicted molar refractivity (Wildman–Crippen MR) is 77.5 cm³/mol. The first-order chi connectivity index (χ1) is 9.19. The van der Waals surface area contributed by atoms with Gasteiger partial charge in [-0.2, -0.15) is 0 Å². The zero-order valence-corrected chi connectivity index (χ0v) is 11.6. The lowest BCUT2D eigenvalue weighted by molar-refractivity contribution is 0.483. The van der Waals surface area contributed by atoms with E-state index in [1.165, 1.54) is 11.1 Å². The van der Waals surface area contributed by atoms with E-state index in [1.54, 1.807) is 0 Å². The number of aryl methyl sites for hydroxylation is 3. The highest BCUT2D eigenvalue weighted by molar-refractivity contribution is 5.22. The Hall–Kier alpha value is -1.65. The largest absolute Gasteiger partial charge is 0.338 e. The summed E-state index contributed by atoms with van der Waals surface area (Å²) in [5.41, 5.74) is 5.51. The Balaban J connectivity index is 1.90. The molecule has 0 bridgehead atoms. The van der Waals surface area contributed by atoms with Crippen LogP contribution in [-0.4, -0.2) is 15.6 Å². The molecular formula is C15H22N4. The molecule has 1 atom stereocenters. The average molecular weight is 258 g/mol. The molecule has 102 valence electrons. The summed E-state index contributed by atoms with van der Waals surface area (Å²) in [5, 5.41) is 0. The minimum absolute atomic E-state index is 0.277. The van der Waals surface area contributed by atoms with Crippen LogP contribution >= 0.6 is 0 Å². The third-order valence-electron chi connectivity index (χ3n) is 3.48. The van der Waals surface area contributed by atoms with Gasteiger partial charge < -0.3 is 4.57 Å². The van der Waals surface area contributed by atoms with Crippen molar-refractivity contribution in [2.24, 2.45) is 12.9 Å². The number of hydrogen-bond donors (Lipinski definition) is 2. The molecule has 0 aliphatic heterocycles. The summed E-state index contributed by atoms with van der Waals surface area (Å²) < 4.78 is 2.06. The molecule has 0 fully saturated rings. The van der Waals surface area contributed by atoms with E-state index in [0.29, 0.717) is 0 Å². The van der Waals surface area contributed by atoms with Crippen molar-refractivity contribution < 1.29 is 0 Å². The second-order valence-corrected chi connectivity index (χ2v) is 5.05. The Morgan fingerprint density at radius 2 is 2.05 bits per heavy atom. The van der Waals surface area contributed by atoms with Gasteiger partial charge >= 0.3 is 0 Å². The molecule has 19 heavy (non-hydrogen) atoms. The zero-order chi connectivity index (χ0) is 13.7. The van der Waals surface area contributed by atoms with E-state index in [9.17, 15) is 0 Å². The third-order valence-corrected chi connectivity index (χ3v) is 3.48. The standard InChI is InChI=1S/C15H22N4/c1-12-3-5-13(6-4-12)11-14(18-16)7-8-15-17-9-10-19(15)2/h3-6,9-10,14,18H,7-8,11,16H2,1-2H3. The topological polar surface area (TPSA) is 55.9 Å². The van der Waals surface area contributed by atoms with E-state index in [2.05, 4.69) is 46.2 Å². The van der Waals surface area contributed by atoms with Crippen molar-refractivity contribution in [1.82, 2.24) is 15.0 Å². The van der Waals surface area contributed by atoms with Crippen LogP contribution in [-0.2, 0) is 19.9 Å². The molecule has 0 aliphatic rings. The number of benzene rings is 1. The number of nitrogens with zero attached hydrogens (tertiary/aromatic N) is 2. The second-order valence-electron chi connectivity index (χ2n) is 5.05. The highest BCUT2D eigenvalue weighted by Crippen LogP contribution is 2.10. The zero-order valence-electron chi connectivity index (χ0n) is 11.6. The van der Waals surface area contributed by atoms with E-state index >= 15 is 0 Å². The second kappa shape index (κ2) is 6.50. The molecule has 0 radical (unpaired) electrons. The molecule has 0 amide bonds. The van der Waals surface area contributed by atoms with E-state index in [-0.39, 0.29) is 6.04 Å². The number of imidazole rings is 1. The highest BCUT2D eigenvalue weighted by Gasteiger charge is 2.09. The normalized spacial score (nSPS) is 12.6. The summed E-state index contributed by atoms with van der Waals surface area (Å²) >= 11 is 0. The molecule has 1 aromatic heterocycles. The maximum atomic E-state index is 5.65. The Labute approximate surface area is 114 Å². The first-order valence-electron chi connectivity index (χ1n) is 6.67. The first-order valence-corrected chi connectivity index (χ1v) is 6.67. The number of hydrazine groups is 1. The van der Waals surface area contributed by atoms with Crippen molar-refractivity contribution in [2.75, 3.05) is 0 Å². The molecule has 4 nitrogen and oxygen atoms in total. The molecule has 3 N–H and O–H groups in total. The van der Waals surface area contributed by atoms with Crippen molar-refractivity contribution in [2.45, 2.75) is 32.2 Å². The van der Waals surface area contributed by atoms with Crippen LogP contribution in [0.4, 0.5) is 0 Å². The minimum atomic E-state index is 0.277. The van der Waals surface area contributed by atoms with Gasteiger partial charge in [-0.15, -0.1) is 0 Å². The smallest absolute Gasteiger partial charge is 0.108 e. The molecule has 0 saturated heterocycles. The predicted octanol–water partition coefficient (Wildman–Crippen LogP) is 1.74. The van der Waals surface area contributed by atoms with Crippen LogP contribution in [0.25, 0.3) is 0 Å². The van der Waals surface area contributed by atoms with Gasteiger partial charge in [0.15, 0.2) is 0 Å². The number of hydrogen-bond acceptors (Lipinski definition) is 3. The van der Waals surface area contributed by atoms with Crippen LogP contribution in [0.3, 0.4) is 0 Å². The maximum absolute atomic E-state index is 5.65. The van der Waals surface area contributed by atoms with Gasteiger partial charge in [0.2, 0.25) is 0 Å². The lowest BCUT2D eigenvalue weighted by Gasteiger charge is -2.16. The fourth-order valence-electron chi connectivity index (χ4n) is 2.19. The van der Waals surface area contributed by atoms with Gasteiger partial charge in [-0.25, -0.2) is 4.98 Å². The molecule has 1 heterocycles. The van der Waals surface area contributed by atoms with Gasteiger partial charge in [0.25, 0.3) is 0 Å². The van der Waals surface area contributed by atoms with E-state index in [0.717, 1.165) is 25.1 Å². The van der Waals surface area contributed by atoms with Crippen molar-refractivity contribution >= 4 is 0 Å². The van der Waals surface area contributed by atoms with Gasteiger partial charge in [-0.05, 0) is 25.3 Å². The van der Waals surface area contributed by atoms with Gasteiger partial charge in [-0.1, -0.05) is 29.8 Å². The van der Waals surface area contributed by atoms with E-state index in [1.807, 2.05) is 19.4 Å². The quantitative estimate of drug-likeness (QED) is 0.613. The molecule has 2 rings (SSSR count). The fourth-order valence-corrected chi connectivity index (χ4v) is 2.19. The molecular weight excluding hydrogens is 236 g/mol.